The Morgan fingerprint density at radius 2 is 1.64 bits per heavy atom. The van der Waals surface area contributed by atoms with Crippen LogP contribution < -0.4 is 21.1 Å². The summed E-state index contributed by atoms with van der Waals surface area (Å²) in [4.78, 5) is 42.3. The number of sulfonamides is 1. The zero-order valence-electron chi connectivity index (χ0n) is 26.3. The number of amidine groups is 1. The van der Waals surface area contributed by atoms with E-state index >= 15 is 0 Å². The van der Waals surface area contributed by atoms with Gasteiger partial charge in [-0.15, -0.1) is 0 Å². The summed E-state index contributed by atoms with van der Waals surface area (Å²) in [6.07, 6.45) is 2.02. The second-order valence-corrected chi connectivity index (χ2v) is 14.2. The zero-order chi connectivity index (χ0) is 32.9. The van der Waals surface area contributed by atoms with Crippen molar-refractivity contribution in [3.05, 3.63) is 71.3 Å². The van der Waals surface area contributed by atoms with Gasteiger partial charge in [0.2, 0.25) is 21.8 Å². The van der Waals surface area contributed by atoms with Crippen LogP contribution in [-0.2, 0) is 36.6 Å². The average Bonchev–Trinajstić information content (AvgIpc) is 2.95. The van der Waals surface area contributed by atoms with Crippen LogP contribution >= 0.6 is 11.8 Å². The SMILES string of the molecule is CCC(C)C(NS(=O)(=O)Cc1ccccc1)C(=O)NC(CCSC)C(=O)NCc1ccc(/C(N)=N/C(=O)OC(C)(C)C)cc1. The van der Waals surface area contributed by atoms with Gasteiger partial charge in [-0.2, -0.15) is 16.8 Å². The van der Waals surface area contributed by atoms with Crippen LogP contribution in [0.1, 0.15) is 64.2 Å². The molecule has 11 nitrogen and oxygen atoms in total. The highest BCUT2D eigenvalue weighted by atomic mass is 32.2. The van der Waals surface area contributed by atoms with Crippen molar-refractivity contribution in [3.63, 3.8) is 0 Å². The predicted molar refractivity (Wildman–Crippen MR) is 176 cm³/mol. The van der Waals surface area contributed by atoms with Crippen molar-refractivity contribution in [3.8, 4) is 0 Å². The van der Waals surface area contributed by atoms with Gasteiger partial charge in [0.1, 0.15) is 23.5 Å². The molecule has 0 saturated carbocycles. The van der Waals surface area contributed by atoms with Gasteiger partial charge in [-0.1, -0.05) is 74.9 Å². The van der Waals surface area contributed by atoms with Gasteiger partial charge in [0, 0.05) is 12.1 Å². The normalized spacial score (nSPS) is 14.3. The van der Waals surface area contributed by atoms with Crippen LogP contribution in [0.3, 0.4) is 0 Å². The van der Waals surface area contributed by atoms with Crippen LogP contribution in [0.4, 0.5) is 4.79 Å². The molecule has 13 heteroatoms. The van der Waals surface area contributed by atoms with Crippen LogP contribution in [0.15, 0.2) is 59.6 Å². The van der Waals surface area contributed by atoms with Gasteiger partial charge in [0.05, 0.1) is 5.75 Å². The molecule has 3 amide bonds. The van der Waals surface area contributed by atoms with Gasteiger partial charge in [0.25, 0.3) is 0 Å². The van der Waals surface area contributed by atoms with E-state index < -0.39 is 45.6 Å². The van der Waals surface area contributed by atoms with E-state index in [0.29, 0.717) is 29.7 Å². The molecule has 44 heavy (non-hydrogen) atoms. The number of aliphatic imine (C=N–C) groups is 1. The van der Waals surface area contributed by atoms with Gasteiger partial charge >= 0.3 is 6.09 Å². The number of benzene rings is 2. The molecule has 3 unspecified atom stereocenters. The first-order valence-corrected chi connectivity index (χ1v) is 17.5. The molecule has 0 aromatic heterocycles. The Bertz CT molecular complexity index is 1380. The zero-order valence-corrected chi connectivity index (χ0v) is 27.9. The minimum Gasteiger partial charge on any atom is -0.442 e. The molecule has 0 spiro atoms. The Morgan fingerprint density at radius 1 is 1.00 bits per heavy atom. The van der Waals surface area contributed by atoms with E-state index in [-0.39, 0.29) is 24.1 Å². The van der Waals surface area contributed by atoms with Crippen molar-refractivity contribution in [2.45, 2.75) is 77.4 Å². The van der Waals surface area contributed by atoms with Gasteiger partial charge < -0.3 is 21.1 Å². The molecule has 5 N–H and O–H groups in total. The lowest BCUT2D eigenvalue weighted by Crippen LogP contribution is -2.55. The molecular weight excluding hydrogens is 603 g/mol. The van der Waals surface area contributed by atoms with Gasteiger partial charge in [-0.3, -0.25) is 9.59 Å². The molecule has 242 valence electrons. The van der Waals surface area contributed by atoms with Crippen molar-refractivity contribution < 1.29 is 27.5 Å². The third-order valence-electron chi connectivity index (χ3n) is 6.57. The number of hydrogen-bond acceptors (Lipinski definition) is 7. The van der Waals surface area contributed by atoms with E-state index in [1.54, 1.807) is 82.3 Å². The quantitative estimate of drug-likeness (QED) is 0.168. The number of amides is 3. The maximum atomic E-state index is 13.4. The van der Waals surface area contributed by atoms with Crippen molar-refractivity contribution in [1.82, 2.24) is 15.4 Å². The Hall–Kier alpha value is -3.42. The molecule has 0 heterocycles. The second-order valence-electron chi connectivity index (χ2n) is 11.5. The van der Waals surface area contributed by atoms with E-state index in [1.807, 2.05) is 13.2 Å². The standard InChI is InChI=1S/C31H45N5O6S2/c1-7-21(2)26(36-44(40,41)20-23-11-9-8-10-12-23)29(38)34-25(17-18-43-6)28(37)33-19-22-13-15-24(16-14-22)27(32)35-30(39)42-31(3,4)5/h8-16,21,25-26,36H,7,17-20H2,1-6H3,(H,33,37)(H,34,38)(H2,32,35,39). The summed E-state index contributed by atoms with van der Waals surface area (Å²) in [5.74, 6) is -0.905. The summed E-state index contributed by atoms with van der Waals surface area (Å²) < 4.78 is 33.6. The fraction of sp³-hybridized carbons (Fsp3) is 0.484. The molecular formula is C31H45N5O6S2. The Labute approximate surface area is 265 Å². The van der Waals surface area contributed by atoms with Crippen molar-refractivity contribution in [1.29, 1.82) is 0 Å². The summed E-state index contributed by atoms with van der Waals surface area (Å²) in [7, 11) is -3.84. The molecule has 2 aromatic carbocycles. The fourth-order valence-corrected chi connectivity index (χ4v) is 5.92. The predicted octanol–water partition coefficient (Wildman–Crippen LogP) is 3.72. The molecule has 0 aliphatic carbocycles. The lowest BCUT2D eigenvalue weighted by atomic mass is 9.99. The fourth-order valence-electron chi connectivity index (χ4n) is 4.01. The molecule has 0 radical (unpaired) electrons. The maximum Gasteiger partial charge on any atom is 0.436 e. The van der Waals surface area contributed by atoms with E-state index in [4.69, 9.17) is 10.5 Å². The largest absolute Gasteiger partial charge is 0.442 e. The van der Waals surface area contributed by atoms with Crippen LogP contribution in [0.5, 0.6) is 0 Å². The summed E-state index contributed by atoms with van der Waals surface area (Å²) in [5.41, 5.74) is 7.13. The van der Waals surface area contributed by atoms with E-state index in [0.717, 1.165) is 5.56 Å². The van der Waals surface area contributed by atoms with E-state index in [9.17, 15) is 22.8 Å². The minimum atomic E-state index is -3.84. The van der Waals surface area contributed by atoms with Crippen molar-refractivity contribution in [2.75, 3.05) is 12.0 Å². The number of nitrogens with one attached hydrogen (secondary N) is 3. The lowest BCUT2D eigenvalue weighted by molar-refractivity contribution is -0.130. The number of rotatable bonds is 15. The molecule has 2 rings (SSSR count). The molecule has 3 atom stereocenters. The smallest absolute Gasteiger partial charge is 0.436 e. The number of nitrogens with two attached hydrogens (primary N) is 1. The van der Waals surface area contributed by atoms with E-state index in [2.05, 4.69) is 20.3 Å². The Balaban J connectivity index is 2.08. The Kier molecular flexibility index (Phi) is 14.3. The number of carbonyl (C=O) groups excluding carboxylic acids is 3. The maximum absolute atomic E-state index is 13.4. The first-order valence-electron chi connectivity index (χ1n) is 14.4. The lowest BCUT2D eigenvalue weighted by Gasteiger charge is -2.26. The van der Waals surface area contributed by atoms with Crippen LogP contribution in [0.25, 0.3) is 0 Å². The molecule has 0 aliphatic rings. The first kappa shape index (κ1) is 36.8. The number of carbonyl (C=O) groups is 3. The molecule has 2 aromatic rings. The van der Waals surface area contributed by atoms with E-state index in [1.165, 1.54) is 11.8 Å². The van der Waals surface area contributed by atoms with Crippen LogP contribution in [0, 0.1) is 5.92 Å². The highest BCUT2D eigenvalue weighted by Crippen LogP contribution is 2.14. The second kappa shape index (κ2) is 17.2. The monoisotopic (exact) mass is 647 g/mol. The van der Waals surface area contributed by atoms with Gasteiger partial charge in [-0.25, -0.2) is 17.9 Å². The molecule has 0 aliphatic heterocycles. The molecule has 0 fully saturated rings. The number of hydrogen-bond donors (Lipinski definition) is 4. The number of thioether (sulfide) groups is 1. The highest BCUT2D eigenvalue weighted by molar-refractivity contribution is 7.98. The average molecular weight is 648 g/mol. The van der Waals surface area contributed by atoms with Crippen molar-refractivity contribution >= 4 is 45.5 Å². The third kappa shape index (κ3) is 13.1. The summed E-state index contributed by atoms with van der Waals surface area (Å²) in [6.45, 7) is 9.03. The molecule has 0 bridgehead atoms. The Morgan fingerprint density at radius 3 is 2.20 bits per heavy atom. The third-order valence-corrected chi connectivity index (χ3v) is 8.54. The minimum absolute atomic E-state index is 0.00457. The van der Waals surface area contributed by atoms with Gasteiger partial charge in [0.15, 0.2) is 0 Å². The summed E-state index contributed by atoms with van der Waals surface area (Å²) in [6, 6.07) is 13.6. The summed E-state index contributed by atoms with van der Waals surface area (Å²) >= 11 is 1.53. The number of ether oxygens (including phenoxy) is 1. The van der Waals surface area contributed by atoms with Gasteiger partial charge in [-0.05, 0) is 56.2 Å². The van der Waals surface area contributed by atoms with Crippen molar-refractivity contribution in [2.24, 2.45) is 16.6 Å². The summed E-state index contributed by atoms with van der Waals surface area (Å²) in [5, 5.41) is 5.63. The van der Waals surface area contributed by atoms with Crippen LogP contribution in [0.2, 0.25) is 0 Å². The van der Waals surface area contributed by atoms with Crippen LogP contribution in [-0.4, -0.2) is 61.9 Å². The number of nitrogens with zero attached hydrogens (tertiary/aromatic N) is 1. The molecule has 0 saturated heterocycles. The first-order chi connectivity index (χ1) is 20.6. The highest BCUT2D eigenvalue weighted by Gasteiger charge is 2.31. The topological polar surface area (TPSA) is 169 Å².